The Labute approximate surface area is 167 Å². The lowest BCUT2D eigenvalue weighted by molar-refractivity contribution is -0.145. The van der Waals surface area contributed by atoms with Gasteiger partial charge >= 0.3 is 5.97 Å². The number of benzene rings is 1. The van der Waals surface area contributed by atoms with Gasteiger partial charge in [-0.1, -0.05) is 12.1 Å². The summed E-state index contributed by atoms with van der Waals surface area (Å²) in [6, 6.07) is 6.07. The fourth-order valence-corrected chi connectivity index (χ4v) is 3.86. The minimum Gasteiger partial charge on any atom is -0.468 e. The SMILES string of the molecule is COC(=O)[C@H]1C[C@@H](C(=O)NCCc2ccncc2)[C@@H](c2cccc(F)c2F)N1C. The molecular formula is C21H23F2N3O3. The highest BCUT2D eigenvalue weighted by molar-refractivity contribution is 5.83. The third-order valence-electron chi connectivity index (χ3n) is 5.36. The van der Waals surface area contributed by atoms with E-state index >= 15 is 0 Å². The van der Waals surface area contributed by atoms with Crippen LogP contribution in [0.3, 0.4) is 0 Å². The number of likely N-dealkylation sites (N-methyl/N-ethyl adjacent to an activating group) is 1. The Kier molecular flexibility index (Phi) is 6.53. The lowest BCUT2D eigenvalue weighted by atomic mass is 9.91. The zero-order valence-electron chi connectivity index (χ0n) is 16.3. The second kappa shape index (κ2) is 9.09. The summed E-state index contributed by atoms with van der Waals surface area (Å²) in [5.41, 5.74) is 1.07. The lowest BCUT2D eigenvalue weighted by Crippen LogP contribution is -2.37. The average Bonchev–Trinajstić information content (AvgIpc) is 3.07. The molecule has 1 aliphatic heterocycles. The number of ether oxygens (including phenoxy) is 1. The quantitative estimate of drug-likeness (QED) is 0.750. The van der Waals surface area contributed by atoms with Crippen molar-refractivity contribution in [2.75, 3.05) is 20.7 Å². The van der Waals surface area contributed by atoms with Crippen LogP contribution in [0.5, 0.6) is 0 Å². The molecule has 1 aliphatic rings. The molecular weight excluding hydrogens is 380 g/mol. The molecule has 8 heteroatoms. The fraction of sp³-hybridized carbons (Fsp3) is 0.381. The highest BCUT2D eigenvalue weighted by atomic mass is 19.2. The van der Waals surface area contributed by atoms with Crippen LogP contribution in [0.25, 0.3) is 0 Å². The summed E-state index contributed by atoms with van der Waals surface area (Å²) in [5.74, 6) is -3.55. The molecule has 1 N–H and O–H groups in total. The number of rotatable bonds is 6. The summed E-state index contributed by atoms with van der Waals surface area (Å²) in [5, 5.41) is 2.85. The van der Waals surface area contributed by atoms with Gasteiger partial charge in [-0.05, 0) is 43.7 Å². The Bertz CT molecular complexity index is 879. The molecule has 0 radical (unpaired) electrons. The molecule has 1 saturated heterocycles. The number of methoxy groups -OCH3 is 1. The van der Waals surface area contributed by atoms with Crippen molar-refractivity contribution in [1.29, 1.82) is 0 Å². The number of halogens is 2. The standard InChI is InChI=1S/C21H23F2N3O3/c1-26-17(21(28)29-2)12-15(19(26)14-4-3-5-16(22)18(14)23)20(27)25-11-8-13-6-9-24-10-7-13/h3-7,9-10,15,17,19H,8,11-12H2,1-2H3,(H,25,27)/t15-,17-,19-/m1/s1. The number of pyridine rings is 1. The van der Waals surface area contributed by atoms with E-state index in [1.165, 1.54) is 19.2 Å². The van der Waals surface area contributed by atoms with Crippen LogP contribution >= 0.6 is 0 Å². The van der Waals surface area contributed by atoms with Crippen LogP contribution in [0.4, 0.5) is 8.78 Å². The predicted octanol–water partition coefficient (Wildman–Crippen LogP) is 2.25. The summed E-state index contributed by atoms with van der Waals surface area (Å²) in [7, 11) is 2.87. The highest BCUT2D eigenvalue weighted by Gasteiger charge is 2.47. The van der Waals surface area contributed by atoms with E-state index in [0.717, 1.165) is 11.6 Å². The number of nitrogens with one attached hydrogen (secondary N) is 1. The van der Waals surface area contributed by atoms with Crippen molar-refractivity contribution < 1.29 is 23.1 Å². The average molecular weight is 403 g/mol. The van der Waals surface area contributed by atoms with Gasteiger partial charge in [-0.25, -0.2) is 8.78 Å². The molecule has 2 heterocycles. The van der Waals surface area contributed by atoms with Crippen LogP contribution < -0.4 is 5.32 Å². The molecule has 1 fully saturated rings. The molecule has 0 saturated carbocycles. The molecule has 6 nitrogen and oxygen atoms in total. The zero-order chi connectivity index (χ0) is 21.0. The predicted molar refractivity (Wildman–Crippen MR) is 102 cm³/mol. The number of hydrogen-bond acceptors (Lipinski definition) is 5. The van der Waals surface area contributed by atoms with Crippen molar-refractivity contribution in [3.63, 3.8) is 0 Å². The van der Waals surface area contributed by atoms with E-state index in [2.05, 4.69) is 10.3 Å². The van der Waals surface area contributed by atoms with Crippen molar-refractivity contribution in [3.05, 3.63) is 65.5 Å². The van der Waals surface area contributed by atoms with Crippen LogP contribution in [-0.2, 0) is 20.7 Å². The van der Waals surface area contributed by atoms with E-state index in [1.807, 2.05) is 12.1 Å². The molecule has 3 rings (SSSR count). The van der Waals surface area contributed by atoms with Crippen molar-refractivity contribution in [3.8, 4) is 0 Å². The van der Waals surface area contributed by atoms with Crippen LogP contribution in [0.15, 0.2) is 42.7 Å². The number of hydrogen-bond donors (Lipinski definition) is 1. The fourth-order valence-electron chi connectivity index (χ4n) is 3.86. The number of carbonyl (C=O) groups is 2. The van der Waals surface area contributed by atoms with Gasteiger partial charge in [-0.15, -0.1) is 0 Å². The molecule has 0 spiro atoms. The molecule has 2 aromatic rings. The molecule has 1 amide bonds. The Morgan fingerprint density at radius 3 is 2.66 bits per heavy atom. The van der Waals surface area contributed by atoms with Crippen LogP contribution in [0, 0.1) is 17.6 Å². The summed E-state index contributed by atoms with van der Waals surface area (Å²) >= 11 is 0. The smallest absolute Gasteiger partial charge is 0.323 e. The summed E-state index contributed by atoms with van der Waals surface area (Å²) in [6.45, 7) is 0.379. The normalized spacial score (nSPS) is 21.7. The minimum absolute atomic E-state index is 0.0492. The van der Waals surface area contributed by atoms with Gasteiger partial charge in [0.25, 0.3) is 0 Å². The van der Waals surface area contributed by atoms with Crippen molar-refractivity contribution in [2.24, 2.45) is 5.92 Å². The van der Waals surface area contributed by atoms with Crippen LogP contribution in [0.2, 0.25) is 0 Å². The van der Waals surface area contributed by atoms with Crippen molar-refractivity contribution in [1.82, 2.24) is 15.2 Å². The van der Waals surface area contributed by atoms with Crippen LogP contribution in [-0.4, -0.2) is 48.5 Å². The first kappa shape index (κ1) is 20.9. The summed E-state index contributed by atoms with van der Waals surface area (Å²) in [6.07, 6.45) is 4.11. The molecule has 0 bridgehead atoms. The molecule has 1 aromatic carbocycles. The number of amides is 1. The highest BCUT2D eigenvalue weighted by Crippen LogP contribution is 2.41. The van der Waals surface area contributed by atoms with E-state index in [4.69, 9.17) is 4.74 Å². The largest absolute Gasteiger partial charge is 0.468 e. The van der Waals surface area contributed by atoms with Crippen molar-refractivity contribution >= 4 is 11.9 Å². The van der Waals surface area contributed by atoms with Crippen LogP contribution in [0.1, 0.15) is 23.6 Å². The van der Waals surface area contributed by atoms with E-state index in [0.29, 0.717) is 13.0 Å². The number of nitrogens with zero attached hydrogens (tertiary/aromatic N) is 2. The van der Waals surface area contributed by atoms with E-state index < -0.39 is 35.6 Å². The maximum Gasteiger partial charge on any atom is 0.323 e. The van der Waals surface area contributed by atoms with E-state index in [9.17, 15) is 18.4 Å². The lowest BCUT2D eigenvalue weighted by Gasteiger charge is -2.27. The first-order valence-corrected chi connectivity index (χ1v) is 9.34. The number of esters is 1. The Morgan fingerprint density at radius 1 is 1.24 bits per heavy atom. The third-order valence-corrected chi connectivity index (χ3v) is 5.36. The maximum absolute atomic E-state index is 14.5. The molecule has 0 unspecified atom stereocenters. The molecule has 1 aromatic heterocycles. The number of carbonyl (C=O) groups excluding carboxylic acids is 2. The zero-order valence-corrected chi connectivity index (χ0v) is 16.3. The van der Waals surface area contributed by atoms with E-state index in [1.54, 1.807) is 24.3 Å². The van der Waals surface area contributed by atoms with E-state index in [-0.39, 0.29) is 17.9 Å². The topological polar surface area (TPSA) is 71.5 Å². The monoisotopic (exact) mass is 403 g/mol. The summed E-state index contributed by atoms with van der Waals surface area (Å²) in [4.78, 5) is 30.6. The first-order chi connectivity index (χ1) is 13.9. The second-order valence-corrected chi connectivity index (χ2v) is 7.03. The maximum atomic E-state index is 14.5. The number of likely N-dealkylation sites (tertiary alicyclic amines) is 1. The van der Waals surface area contributed by atoms with Gasteiger partial charge in [0, 0.05) is 30.5 Å². The van der Waals surface area contributed by atoms with Gasteiger partial charge in [-0.3, -0.25) is 19.5 Å². The first-order valence-electron chi connectivity index (χ1n) is 9.34. The Morgan fingerprint density at radius 2 is 1.97 bits per heavy atom. The Balaban J connectivity index is 1.80. The Hall–Kier alpha value is -2.87. The molecule has 154 valence electrons. The number of aromatic nitrogens is 1. The van der Waals surface area contributed by atoms with Gasteiger partial charge in [0.2, 0.25) is 5.91 Å². The molecule has 0 aliphatic carbocycles. The minimum atomic E-state index is -1.01. The van der Waals surface area contributed by atoms with Gasteiger partial charge in [-0.2, -0.15) is 0 Å². The molecule has 3 atom stereocenters. The molecule has 29 heavy (non-hydrogen) atoms. The second-order valence-electron chi connectivity index (χ2n) is 7.03. The van der Waals surface area contributed by atoms with Gasteiger partial charge < -0.3 is 10.1 Å². The van der Waals surface area contributed by atoms with Crippen molar-refractivity contribution in [2.45, 2.75) is 24.9 Å². The van der Waals surface area contributed by atoms with Gasteiger partial charge in [0.1, 0.15) is 6.04 Å². The summed E-state index contributed by atoms with van der Waals surface area (Å²) < 4.78 is 33.1. The third kappa shape index (κ3) is 4.42. The van der Waals surface area contributed by atoms with Gasteiger partial charge in [0.05, 0.1) is 13.0 Å². The van der Waals surface area contributed by atoms with Gasteiger partial charge in [0.15, 0.2) is 11.6 Å².